The van der Waals surface area contributed by atoms with Crippen LogP contribution in [0, 0.1) is 6.92 Å². The van der Waals surface area contributed by atoms with Gasteiger partial charge >= 0.3 is 0 Å². The Hall–Kier alpha value is -2.29. The lowest BCUT2D eigenvalue weighted by molar-refractivity contribution is -0.130. The fourth-order valence-electron chi connectivity index (χ4n) is 3.57. The molecule has 0 aromatic heterocycles. The van der Waals surface area contributed by atoms with E-state index in [0.29, 0.717) is 25.7 Å². The predicted octanol–water partition coefficient (Wildman–Crippen LogP) is 3.65. The number of ether oxygens (including phenoxy) is 1. The van der Waals surface area contributed by atoms with Crippen molar-refractivity contribution in [2.45, 2.75) is 40.3 Å². The molecule has 6 nitrogen and oxygen atoms in total. The van der Waals surface area contributed by atoms with Crippen LogP contribution in [0.4, 0.5) is 0 Å². The molecule has 3 rings (SSSR count). The standard InChI is InChI=1S/C24H32N4O2.HI/c1-4-25-24(26-15-20-11-10-18(3)14-22(20)30-5-2)27-16-23(29)28-13-12-19-8-6-7-9-21(19)17-28;/h6-11,14H,4-5,12-13,15-17H2,1-3H3,(H2,25,26,27);1H. The zero-order chi connectivity index (χ0) is 21.3. The van der Waals surface area contributed by atoms with Crippen molar-refractivity contribution < 1.29 is 9.53 Å². The van der Waals surface area contributed by atoms with Gasteiger partial charge in [0, 0.05) is 25.2 Å². The number of rotatable bonds is 7. The second-order valence-electron chi connectivity index (χ2n) is 7.43. The summed E-state index contributed by atoms with van der Waals surface area (Å²) in [6.45, 7) is 9.51. The van der Waals surface area contributed by atoms with Crippen molar-refractivity contribution in [1.29, 1.82) is 0 Å². The molecule has 0 atom stereocenters. The topological polar surface area (TPSA) is 66.0 Å². The van der Waals surface area contributed by atoms with Gasteiger partial charge in [0.05, 0.1) is 19.7 Å². The van der Waals surface area contributed by atoms with E-state index >= 15 is 0 Å². The van der Waals surface area contributed by atoms with Crippen molar-refractivity contribution in [2.24, 2.45) is 4.99 Å². The average molecular weight is 536 g/mol. The molecule has 0 saturated heterocycles. The fraction of sp³-hybridized carbons (Fsp3) is 0.417. The summed E-state index contributed by atoms with van der Waals surface area (Å²) < 4.78 is 5.75. The third-order valence-corrected chi connectivity index (χ3v) is 5.16. The zero-order valence-corrected chi connectivity index (χ0v) is 20.9. The number of nitrogens with one attached hydrogen (secondary N) is 2. The van der Waals surface area contributed by atoms with Gasteiger partial charge in [-0.05, 0) is 49.9 Å². The lowest BCUT2D eigenvalue weighted by Gasteiger charge is -2.29. The molecule has 2 N–H and O–H groups in total. The first kappa shape index (κ1) is 25.0. The minimum absolute atomic E-state index is 0. The second kappa shape index (κ2) is 12.5. The molecule has 0 fully saturated rings. The molecule has 2 aromatic carbocycles. The molecule has 0 aliphatic carbocycles. The Bertz CT molecular complexity index is 901. The molecule has 0 radical (unpaired) electrons. The van der Waals surface area contributed by atoms with Crippen LogP contribution in [-0.4, -0.2) is 43.0 Å². The van der Waals surface area contributed by atoms with Crippen molar-refractivity contribution >= 4 is 35.8 Å². The Balaban J connectivity index is 0.00000341. The van der Waals surface area contributed by atoms with Crippen LogP contribution in [0.3, 0.4) is 0 Å². The molecule has 0 saturated carbocycles. The number of nitrogens with zero attached hydrogens (tertiary/aromatic N) is 2. The zero-order valence-electron chi connectivity index (χ0n) is 18.6. The Labute approximate surface area is 202 Å². The summed E-state index contributed by atoms with van der Waals surface area (Å²) in [5, 5.41) is 6.40. The van der Waals surface area contributed by atoms with E-state index in [9.17, 15) is 4.79 Å². The molecule has 1 aliphatic heterocycles. The Morgan fingerprint density at radius 1 is 1.13 bits per heavy atom. The third-order valence-electron chi connectivity index (χ3n) is 5.16. The van der Waals surface area contributed by atoms with Crippen LogP contribution < -0.4 is 15.4 Å². The maximum atomic E-state index is 12.7. The Morgan fingerprint density at radius 3 is 2.65 bits per heavy atom. The molecule has 0 unspecified atom stereocenters. The summed E-state index contributed by atoms with van der Waals surface area (Å²) in [6.07, 6.45) is 0.906. The highest BCUT2D eigenvalue weighted by Crippen LogP contribution is 2.21. The van der Waals surface area contributed by atoms with Crippen LogP contribution >= 0.6 is 24.0 Å². The lowest BCUT2D eigenvalue weighted by Crippen LogP contribution is -2.45. The van der Waals surface area contributed by atoms with Crippen molar-refractivity contribution in [3.8, 4) is 5.75 Å². The predicted molar refractivity (Wildman–Crippen MR) is 136 cm³/mol. The Morgan fingerprint density at radius 2 is 1.90 bits per heavy atom. The van der Waals surface area contributed by atoms with Gasteiger partial charge in [0.25, 0.3) is 0 Å². The van der Waals surface area contributed by atoms with E-state index in [1.807, 2.05) is 43.9 Å². The summed E-state index contributed by atoms with van der Waals surface area (Å²) in [6, 6.07) is 14.5. The van der Waals surface area contributed by atoms with Gasteiger partial charge in [-0.15, -0.1) is 24.0 Å². The summed E-state index contributed by atoms with van der Waals surface area (Å²) in [7, 11) is 0. The van der Waals surface area contributed by atoms with E-state index in [1.165, 1.54) is 11.1 Å². The summed E-state index contributed by atoms with van der Waals surface area (Å²) in [4.78, 5) is 19.3. The van der Waals surface area contributed by atoms with Gasteiger partial charge < -0.3 is 20.3 Å². The molecular formula is C24H33IN4O2. The molecule has 1 amide bonds. The van der Waals surface area contributed by atoms with E-state index in [0.717, 1.165) is 36.4 Å². The number of benzene rings is 2. The average Bonchev–Trinajstić information content (AvgIpc) is 2.76. The fourth-order valence-corrected chi connectivity index (χ4v) is 3.57. The highest BCUT2D eigenvalue weighted by Gasteiger charge is 2.20. The summed E-state index contributed by atoms with van der Waals surface area (Å²) in [5.74, 6) is 1.58. The number of halogens is 1. The van der Waals surface area contributed by atoms with Crippen molar-refractivity contribution in [3.63, 3.8) is 0 Å². The number of carbonyl (C=O) groups is 1. The Kier molecular flexibility index (Phi) is 10.1. The third kappa shape index (κ3) is 7.12. The smallest absolute Gasteiger partial charge is 0.242 e. The minimum atomic E-state index is 0. The van der Waals surface area contributed by atoms with Crippen LogP contribution in [0.5, 0.6) is 5.75 Å². The van der Waals surface area contributed by atoms with E-state index in [4.69, 9.17) is 4.74 Å². The molecule has 168 valence electrons. The summed E-state index contributed by atoms with van der Waals surface area (Å²) >= 11 is 0. The quantitative estimate of drug-likeness (QED) is 0.322. The molecule has 1 heterocycles. The second-order valence-corrected chi connectivity index (χ2v) is 7.43. The highest BCUT2D eigenvalue weighted by atomic mass is 127. The maximum absolute atomic E-state index is 12.7. The molecule has 2 aromatic rings. The molecule has 31 heavy (non-hydrogen) atoms. The van der Waals surface area contributed by atoms with Gasteiger partial charge in [0.15, 0.2) is 5.96 Å². The first-order valence-electron chi connectivity index (χ1n) is 10.7. The number of hydrogen-bond donors (Lipinski definition) is 2. The number of aryl methyl sites for hydroxylation is 1. The van der Waals surface area contributed by atoms with E-state index in [-0.39, 0.29) is 36.4 Å². The monoisotopic (exact) mass is 536 g/mol. The van der Waals surface area contributed by atoms with Crippen molar-refractivity contribution in [2.75, 3.05) is 26.2 Å². The largest absolute Gasteiger partial charge is 0.494 e. The number of carbonyl (C=O) groups excluding carboxylic acids is 1. The molecule has 0 spiro atoms. The molecule has 0 bridgehead atoms. The van der Waals surface area contributed by atoms with Gasteiger partial charge in [-0.1, -0.05) is 36.4 Å². The van der Waals surface area contributed by atoms with Crippen LogP contribution in [0.25, 0.3) is 0 Å². The molecule has 7 heteroatoms. The van der Waals surface area contributed by atoms with Gasteiger partial charge in [-0.2, -0.15) is 0 Å². The van der Waals surface area contributed by atoms with E-state index in [1.54, 1.807) is 0 Å². The maximum Gasteiger partial charge on any atom is 0.242 e. The van der Waals surface area contributed by atoms with Crippen molar-refractivity contribution in [3.05, 3.63) is 64.7 Å². The van der Waals surface area contributed by atoms with Gasteiger partial charge in [-0.3, -0.25) is 4.79 Å². The first-order valence-corrected chi connectivity index (χ1v) is 10.7. The van der Waals surface area contributed by atoms with Crippen molar-refractivity contribution in [1.82, 2.24) is 15.5 Å². The van der Waals surface area contributed by atoms with E-state index in [2.05, 4.69) is 39.9 Å². The van der Waals surface area contributed by atoms with Crippen LogP contribution in [0.1, 0.15) is 36.1 Å². The van der Waals surface area contributed by atoms with Gasteiger partial charge in [0.2, 0.25) is 5.91 Å². The molecular weight excluding hydrogens is 503 g/mol. The first-order chi connectivity index (χ1) is 14.6. The van der Waals surface area contributed by atoms with Crippen LogP contribution in [-0.2, 0) is 24.3 Å². The van der Waals surface area contributed by atoms with Gasteiger partial charge in [0.1, 0.15) is 5.75 Å². The SMILES string of the molecule is CCNC(=NCc1ccc(C)cc1OCC)NCC(=O)N1CCc2ccccc2C1.I. The molecule has 1 aliphatic rings. The van der Waals surface area contributed by atoms with Gasteiger partial charge in [-0.25, -0.2) is 4.99 Å². The normalized spacial score (nSPS) is 13.1. The minimum Gasteiger partial charge on any atom is -0.494 e. The highest BCUT2D eigenvalue weighted by molar-refractivity contribution is 14.0. The van der Waals surface area contributed by atoms with E-state index < -0.39 is 0 Å². The number of amides is 1. The number of fused-ring (bicyclic) bond motifs is 1. The van der Waals surface area contributed by atoms with Crippen LogP contribution in [0.15, 0.2) is 47.5 Å². The lowest BCUT2D eigenvalue weighted by atomic mass is 10.00. The number of hydrogen-bond acceptors (Lipinski definition) is 3. The number of aliphatic imine (C=N–C) groups is 1. The number of guanidine groups is 1. The van der Waals surface area contributed by atoms with Crippen LogP contribution in [0.2, 0.25) is 0 Å². The summed E-state index contributed by atoms with van der Waals surface area (Å²) in [5.41, 5.74) is 4.76.